The van der Waals surface area contributed by atoms with Gasteiger partial charge in [-0.05, 0) is 49.8 Å². The molecule has 0 aromatic heterocycles. The molecule has 1 aromatic carbocycles. The van der Waals surface area contributed by atoms with Gasteiger partial charge in [0.15, 0.2) is 11.6 Å². The molecule has 3 heterocycles. The van der Waals surface area contributed by atoms with Gasteiger partial charge >= 0.3 is 17.9 Å². The summed E-state index contributed by atoms with van der Waals surface area (Å²) in [7, 11) is 1.63. The Labute approximate surface area is 265 Å². The largest absolute Gasteiger partial charge is 0.462 e. The fourth-order valence-electron chi connectivity index (χ4n) is 7.19. The predicted molar refractivity (Wildman–Crippen MR) is 162 cm³/mol. The molecule has 2 N–H and O–H groups in total. The number of cyclic esters (lactones) is 1. The summed E-state index contributed by atoms with van der Waals surface area (Å²) in [5, 5.41) is 22.1. The van der Waals surface area contributed by atoms with Gasteiger partial charge in [0.25, 0.3) is 0 Å². The average molecular weight is 635 g/mol. The van der Waals surface area contributed by atoms with E-state index < -0.39 is 71.7 Å². The molecule has 3 saturated heterocycles. The molecule has 3 fully saturated rings. The van der Waals surface area contributed by atoms with Crippen molar-refractivity contribution < 1.29 is 53.0 Å². The van der Waals surface area contributed by atoms with Gasteiger partial charge in [-0.1, -0.05) is 46.8 Å². The molecule has 3 bridgehead atoms. The molecule has 0 aliphatic carbocycles. The van der Waals surface area contributed by atoms with Crippen LogP contribution in [0, 0.1) is 23.2 Å². The molecule has 3 aliphatic heterocycles. The van der Waals surface area contributed by atoms with E-state index in [4.69, 9.17) is 28.4 Å². The Balaban J connectivity index is 1.64. The minimum Gasteiger partial charge on any atom is -0.462 e. The molecule has 3 aliphatic rings. The standard InChI is InChI=1S/C34H50O11/c1-19(12-13-26(40-8)24-10-9-11-25(14-24)41-23(5)36)31-21(3)28-17-34(44-31)32(6,7)16-20(2)33(39,45-34)18-30(38)42-27(22(4)35)15-29(37)43-28/h9-11,14,19-22,26-28,31,35,39H,12-13,15-18H2,1-8H3/t19-,20+,21-,22-,26+,27+,28-,31+,33-,34-/m0/s1. The van der Waals surface area contributed by atoms with Crippen LogP contribution in [-0.4, -0.2) is 71.2 Å². The zero-order chi connectivity index (χ0) is 33.3. The maximum Gasteiger partial charge on any atom is 0.311 e. The molecule has 11 nitrogen and oxygen atoms in total. The SMILES string of the molecule is CO[C@H](CC[C@H](C)[C@H]1O[C@@]23C[C@H](OC(=O)C[C@H]([C@H](C)O)OC(=O)C[C@](O)(O2)[C@H](C)CC3(C)C)[C@@H]1C)c1cccc(OC(C)=O)c1. The normalized spacial score (nSPS) is 35.5. The van der Waals surface area contributed by atoms with Gasteiger partial charge in [0, 0.05) is 37.7 Å². The summed E-state index contributed by atoms with van der Waals surface area (Å²) < 4.78 is 36.0. The second-order valence-electron chi connectivity index (χ2n) is 14.0. The Morgan fingerprint density at radius 2 is 1.80 bits per heavy atom. The monoisotopic (exact) mass is 634 g/mol. The number of benzene rings is 1. The van der Waals surface area contributed by atoms with Crippen LogP contribution in [0.2, 0.25) is 0 Å². The zero-order valence-electron chi connectivity index (χ0n) is 27.7. The summed E-state index contributed by atoms with van der Waals surface area (Å²) in [4.78, 5) is 37.7. The second-order valence-corrected chi connectivity index (χ2v) is 14.0. The summed E-state index contributed by atoms with van der Waals surface area (Å²) in [6, 6.07) is 7.25. The number of aliphatic hydroxyl groups is 2. The molecule has 0 unspecified atom stereocenters. The molecular formula is C34H50O11. The number of carbonyl (C=O) groups is 3. The van der Waals surface area contributed by atoms with Gasteiger partial charge < -0.3 is 38.6 Å². The van der Waals surface area contributed by atoms with Crippen molar-refractivity contribution >= 4 is 17.9 Å². The highest BCUT2D eigenvalue weighted by atomic mass is 16.8. The molecule has 11 heteroatoms. The first kappa shape index (κ1) is 35.3. The van der Waals surface area contributed by atoms with E-state index >= 15 is 0 Å². The van der Waals surface area contributed by atoms with Gasteiger partial charge in [0.05, 0.1) is 31.2 Å². The average Bonchev–Trinajstić information content (AvgIpc) is 2.92. The fourth-order valence-corrected chi connectivity index (χ4v) is 7.19. The lowest BCUT2D eigenvalue weighted by molar-refractivity contribution is -0.452. The first-order valence-corrected chi connectivity index (χ1v) is 16.0. The van der Waals surface area contributed by atoms with E-state index in [0.717, 1.165) is 5.56 Å². The van der Waals surface area contributed by atoms with Crippen molar-refractivity contribution in [2.45, 2.75) is 129 Å². The van der Waals surface area contributed by atoms with E-state index in [1.54, 1.807) is 19.2 Å². The maximum atomic E-state index is 13.2. The first-order chi connectivity index (χ1) is 21.0. The fraction of sp³-hybridized carbons (Fsp3) is 0.735. The Kier molecular flexibility index (Phi) is 10.7. The number of esters is 3. The molecule has 4 rings (SSSR count). The van der Waals surface area contributed by atoms with E-state index in [1.165, 1.54) is 13.8 Å². The lowest BCUT2D eigenvalue weighted by atomic mass is 9.66. The molecule has 1 aromatic rings. The van der Waals surface area contributed by atoms with Crippen LogP contribution in [-0.2, 0) is 38.1 Å². The molecule has 0 saturated carbocycles. The Hall–Kier alpha value is -2.57. The van der Waals surface area contributed by atoms with Gasteiger partial charge in [-0.25, -0.2) is 0 Å². The van der Waals surface area contributed by atoms with Crippen LogP contribution in [0.3, 0.4) is 0 Å². The number of ether oxygens (including phenoxy) is 6. The third-order valence-corrected chi connectivity index (χ3v) is 9.95. The highest BCUT2D eigenvalue weighted by Gasteiger charge is 2.64. The number of fused-ring (bicyclic) bond motifs is 2. The molecule has 10 atom stereocenters. The molecule has 0 radical (unpaired) electrons. The highest BCUT2D eigenvalue weighted by Crippen LogP contribution is 2.57. The van der Waals surface area contributed by atoms with E-state index in [-0.39, 0.29) is 30.8 Å². The Bertz CT molecular complexity index is 1230. The van der Waals surface area contributed by atoms with Crippen LogP contribution in [0.5, 0.6) is 5.75 Å². The minimum absolute atomic E-state index is 0.0670. The van der Waals surface area contributed by atoms with Crippen molar-refractivity contribution in [3.63, 3.8) is 0 Å². The van der Waals surface area contributed by atoms with Crippen LogP contribution in [0.1, 0.15) is 98.7 Å². The number of hydrogen-bond acceptors (Lipinski definition) is 11. The van der Waals surface area contributed by atoms with Crippen molar-refractivity contribution in [2.24, 2.45) is 23.2 Å². The second kappa shape index (κ2) is 13.7. The van der Waals surface area contributed by atoms with Crippen molar-refractivity contribution in [3.05, 3.63) is 29.8 Å². The molecule has 45 heavy (non-hydrogen) atoms. The number of rotatable bonds is 8. The number of aliphatic hydroxyl groups excluding tert-OH is 1. The number of carbonyl (C=O) groups excluding carboxylic acids is 3. The van der Waals surface area contributed by atoms with Gasteiger partial charge in [0.2, 0.25) is 0 Å². The summed E-state index contributed by atoms with van der Waals surface area (Å²) in [6.45, 7) is 12.7. The van der Waals surface area contributed by atoms with E-state index in [1.807, 2.05) is 39.8 Å². The Morgan fingerprint density at radius 3 is 2.44 bits per heavy atom. The van der Waals surface area contributed by atoms with Crippen LogP contribution in [0.25, 0.3) is 0 Å². The van der Waals surface area contributed by atoms with Gasteiger partial charge in [-0.2, -0.15) is 0 Å². The Morgan fingerprint density at radius 1 is 1.09 bits per heavy atom. The molecule has 252 valence electrons. The van der Waals surface area contributed by atoms with Crippen LogP contribution in [0.15, 0.2) is 24.3 Å². The van der Waals surface area contributed by atoms with Gasteiger partial charge in [-0.15, -0.1) is 0 Å². The van der Waals surface area contributed by atoms with E-state index in [0.29, 0.717) is 25.0 Å². The summed E-state index contributed by atoms with van der Waals surface area (Å²) in [5.41, 5.74) is 0.248. The molecule has 0 amide bonds. The van der Waals surface area contributed by atoms with E-state index in [9.17, 15) is 24.6 Å². The third-order valence-electron chi connectivity index (χ3n) is 9.95. The van der Waals surface area contributed by atoms with Crippen molar-refractivity contribution in [2.75, 3.05) is 7.11 Å². The van der Waals surface area contributed by atoms with Crippen LogP contribution < -0.4 is 4.74 Å². The topological polar surface area (TPSA) is 147 Å². The van der Waals surface area contributed by atoms with Crippen LogP contribution >= 0.6 is 0 Å². The van der Waals surface area contributed by atoms with Crippen LogP contribution in [0.4, 0.5) is 0 Å². The highest BCUT2D eigenvalue weighted by molar-refractivity contribution is 5.73. The van der Waals surface area contributed by atoms with Gasteiger partial charge in [-0.3, -0.25) is 14.4 Å². The zero-order valence-corrected chi connectivity index (χ0v) is 27.7. The quantitative estimate of drug-likeness (QED) is 0.305. The summed E-state index contributed by atoms with van der Waals surface area (Å²) >= 11 is 0. The van der Waals surface area contributed by atoms with E-state index in [2.05, 4.69) is 6.92 Å². The minimum atomic E-state index is -1.90. The summed E-state index contributed by atoms with van der Waals surface area (Å²) in [5.74, 6) is -5.36. The van der Waals surface area contributed by atoms with Crippen molar-refractivity contribution in [1.82, 2.24) is 0 Å². The third kappa shape index (κ3) is 7.71. The smallest absolute Gasteiger partial charge is 0.311 e. The molecular weight excluding hydrogens is 584 g/mol. The lowest BCUT2D eigenvalue weighted by Crippen LogP contribution is -2.68. The maximum absolute atomic E-state index is 13.2. The number of hydrogen-bond donors (Lipinski definition) is 2. The van der Waals surface area contributed by atoms with Crippen molar-refractivity contribution in [1.29, 1.82) is 0 Å². The van der Waals surface area contributed by atoms with Gasteiger partial charge in [0.1, 0.15) is 18.0 Å². The lowest BCUT2D eigenvalue weighted by Gasteiger charge is -2.61. The first-order valence-electron chi connectivity index (χ1n) is 16.0. The number of methoxy groups -OCH3 is 1. The molecule has 1 spiro atoms. The predicted octanol–water partition coefficient (Wildman–Crippen LogP) is 4.61. The van der Waals surface area contributed by atoms with Crippen molar-refractivity contribution in [3.8, 4) is 5.75 Å². The summed E-state index contributed by atoms with van der Waals surface area (Å²) in [6.07, 6.45) is -2.46.